The third kappa shape index (κ3) is 9.94. The molecule has 59 heavy (non-hydrogen) atoms. The van der Waals surface area contributed by atoms with Gasteiger partial charge in [-0.05, 0) is 29.2 Å². The van der Waals surface area contributed by atoms with Gasteiger partial charge in [0.05, 0.1) is 6.10 Å². The monoisotopic (exact) mass is 837 g/mol. The number of benzene rings is 3. The van der Waals surface area contributed by atoms with E-state index in [-0.39, 0.29) is 6.61 Å². The zero-order valence-corrected chi connectivity index (χ0v) is 31.8. The fourth-order valence-corrected chi connectivity index (χ4v) is 6.56. The van der Waals surface area contributed by atoms with E-state index >= 15 is 0 Å². The summed E-state index contributed by atoms with van der Waals surface area (Å²) < 4.78 is 114. The van der Waals surface area contributed by atoms with E-state index in [1.54, 1.807) is 12.1 Å². The van der Waals surface area contributed by atoms with Crippen LogP contribution in [0.2, 0.25) is 0 Å². The Balaban J connectivity index is 1.48. The van der Waals surface area contributed by atoms with Crippen LogP contribution < -0.4 is 10.1 Å². The quantitative estimate of drug-likeness (QED) is 0.0624. The number of esters is 5. The molecule has 1 aliphatic carbocycles. The minimum absolute atomic E-state index is 0.325. The highest BCUT2D eigenvalue weighted by Gasteiger charge is 2.54. The Morgan fingerprint density at radius 3 is 1.66 bits per heavy atom. The van der Waals surface area contributed by atoms with E-state index in [1.165, 1.54) is 0 Å². The van der Waals surface area contributed by atoms with Gasteiger partial charge in [-0.15, -0.1) is 0 Å². The number of fused-ring (bicyclic) bond motifs is 3. The highest BCUT2D eigenvalue weighted by Crippen LogP contribution is 2.44. The van der Waals surface area contributed by atoms with Crippen LogP contribution in [0.3, 0.4) is 0 Å². The number of alkyl carbamates (subject to hydrolysis) is 1. The summed E-state index contributed by atoms with van der Waals surface area (Å²) in [5, 5.41) is 2.11. The molecule has 3 aromatic carbocycles. The van der Waals surface area contributed by atoms with E-state index in [9.17, 15) is 50.7 Å². The number of hydrogen-bond acceptors (Lipinski definition) is 14. The van der Waals surface area contributed by atoms with Crippen molar-refractivity contribution in [1.29, 1.82) is 0 Å². The standard InChI is InChI=1S/C39H36F5NO14/c1-16(54-38-36(57-20(5)49)35(56-19(4)48)33(55-18(3)47)26(58-38)15-52-17(2)46)32(37(50)59-34-30(43)28(41)27(40)29(42)31(34)44)45-39(51)53-14-25-23-12-8-6-10-21(23)22-11-7-9-13-24(22)25/h6-13,16,25-26,32-33,35-36,38H,14-15H2,1-5H3,(H,45,51)/t16-,26?,32+,33-,35-,36?,38-/m1/s1. The molecule has 15 nitrogen and oxygen atoms in total. The number of rotatable bonds is 13. The first-order valence-corrected chi connectivity index (χ1v) is 17.7. The van der Waals surface area contributed by atoms with Crippen LogP contribution in [0.5, 0.6) is 5.75 Å². The number of hydrogen-bond donors (Lipinski definition) is 1. The highest BCUT2D eigenvalue weighted by molar-refractivity contribution is 5.84. The van der Waals surface area contributed by atoms with Gasteiger partial charge in [0.1, 0.15) is 19.3 Å². The number of amides is 1. The molecule has 1 aliphatic heterocycles. The van der Waals surface area contributed by atoms with Crippen LogP contribution in [0, 0.1) is 29.1 Å². The lowest BCUT2D eigenvalue weighted by Crippen LogP contribution is -2.64. The molecule has 1 amide bonds. The van der Waals surface area contributed by atoms with Crippen LogP contribution in [0.25, 0.3) is 11.1 Å². The van der Waals surface area contributed by atoms with Crippen molar-refractivity contribution in [2.24, 2.45) is 0 Å². The van der Waals surface area contributed by atoms with Crippen LogP contribution in [-0.4, -0.2) is 92.0 Å². The van der Waals surface area contributed by atoms with Gasteiger partial charge in [-0.1, -0.05) is 48.5 Å². The van der Waals surface area contributed by atoms with Gasteiger partial charge in [0.2, 0.25) is 34.8 Å². The topological polar surface area (TPSA) is 188 Å². The third-order valence-corrected chi connectivity index (χ3v) is 9.01. The van der Waals surface area contributed by atoms with Gasteiger partial charge < -0.3 is 43.2 Å². The smallest absolute Gasteiger partial charge is 0.407 e. The lowest BCUT2D eigenvalue weighted by Gasteiger charge is -2.45. The van der Waals surface area contributed by atoms with E-state index in [0.717, 1.165) is 56.9 Å². The second kappa shape index (κ2) is 18.6. The predicted octanol–water partition coefficient (Wildman–Crippen LogP) is 4.68. The molecule has 2 aliphatic rings. The Labute approximate surface area is 331 Å². The van der Waals surface area contributed by atoms with Crippen LogP contribution in [0.1, 0.15) is 51.7 Å². The molecule has 0 saturated carbocycles. The van der Waals surface area contributed by atoms with E-state index in [1.807, 2.05) is 36.4 Å². The number of carbonyl (C=O) groups excluding carboxylic acids is 6. The molecule has 1 fully saturated rings. The van der Waals surface area contributed by atoms with Gasteiger partial charge in [0, 0.05) is 33.6 Å². The zero-order valence-electron chi connectivity index (χ0n) is 31.8. The SMILES string of the molecule is CC(=O)OCC1O[C@@H](O[C@H](C)[C@H](NC(=O)OCC2c3ccccc3-c3ccccc32)C(=O)Oc2c(F)c(F)c(F)c(F)c2F)C(OC(C)=O)[C@H](OC(C)=O)[C@@H]1OC(C)=O. The summed E-state index contributed by atoms with van der Waals surface area (Å²) in [6.45, 7) is 3.93. The summed E-state index contributed by atoms with van der Waals surface area (Å²) in [6.07, 6.45) is -11.9. The first-order chi connectivity index (χ1) is 27.9. The van der Waals surface area contributed by atoms with Crippen LogP contribution in [0.4, 0.5) is 26.7 Å². The van der Waals surface area contributed by atoms with Gasteiger partial charge in [0.25, 0.3) is 0 Å². The maximum atomic E-state index is 14.7. The molecule has 2 unspecified atom stereocenters. The number of ether oxygens (including phenoxy) is 8. The normalized spacial score (nSPS) is 20.5. The molecule has 5 rings (SSSR count). The molecule has 0 radical (unpaired) electrons. The van der Waals surface area contributed by atoms with Gasteiger partial charge in [-0.3, -0.25) is 19.2 Å². The van der Waals surface area contributed by atoms with Gasteiger partial charge in [-0.25, -0.2) is 22.8 Å². The molecule has 3 aromatic rings. The summed E-state index contributed by atoms with van der Waals surface area (Å²) in [6, 6.07) is 12.3. The molecule has 1 N–H and O–H groups in total. The average molecular weight is 838 g/mol. The first kappa shape index (κ1) is 44.0. The Morgan fingerprint density at radius 2 is 1.14 bits per heavy atom. The number of halogens is 5. The lowest BCUT2D eigenvalue weighted by molar-refractivity contribution is -0.316. The maximum Gasteiger partial charge on any atom is 0.407 e. The van der Waals surface area contributed by atoms with E-state index in [4.69, 9.17) is 33.2 Å². The minimum Gasteiger partial charge on any atom is -0.463 e. The molecule has 7 atom stereocenters. The van der Waals surface area contributed by atoms with Crippen molar-refractivity contribution in [2.75, 3.05) is 13.2 Å². The van der Waals surface area contributed by atoms with E-state index in [0.29, 0.717) is 0 Å². The van der Waals surface area contributed by atoms with E-state index < -0.39 is 126 Å². The Bertz CT molecular complexity index is 2060. The van der Waals surface area contributed by atoms with Crippen molar-refractivity contribution in [1.82, 2.24) is 5.32 Å². The maximum absolute atomic E-state index is 14.7. The van der Waals surface area contributed by atoms with Crippen molar-refractivity contribution in [2.45, 2.75) is 83.4 Å². The average Bonchev–Trinajstić information content (AvgIpc) is 3.50. The second-order valence-corrected chi connectivity index (χ2v) is 13.2. The fraction of sp³-hybridized carbons (Fsp3) is 0.385. The Hall–Kier alpha value is -6.15. The fourth-order valence-electron chi connectivity index (χ4n) is 6.56. The predicted molar refractivity (Wildman–Crippen MR) is 186 cm³/mol. The number of carbonyl (C=O) groups is 6. The largest absolute Gasteiger partial charge is 0.463 e. The van der Waals surface area contributed by atoms with E-state index in [2.05, 4.69) is 10.1 Å². The number of nitrogens with one attached hydrogen (secondary N) is 1. The van der Waals surface area contributed by atoms with Crippen LogP contribution >= 0.6 is 0 Å². The summed E-state index contributed by atoms with van der Waals surface area (Å²) >= 11 is 0. The van der Waals surface area contributed by atoms with Crippen molar-refractivity contribution in [3.8, 4) is 16.9 Å². The summed E-state index contributed by atoms with van der Waals surface area (Å²) in [7, 11) is 0. The molecule has 0 spiro atoms. The summed E-state index contributed by atoms with van der Waals surface area (Å²) in [4.78, 5) is 75.5. The molecule has 1 saturated heterocycles. The van der Waals surface area contributed by atoms with Gasteiger partial charge in [-0.2, -0.15) is 8.78 Å². The molecule has 0 bridgehead atoms. The molecular weight excluding hydrogens is 801 g/mol. The molecular formula is C39H36F5NO14. The summed E-state index contributed by atoms with van der Waals surface area (Å²) in [5.74, 6) is -20.7. The Kier molecular flexibility index (Phi) is 13.9. The van der Waals surface area contributed by atoms with Crippen molar-refractivity contribution in [3.63, 3.8) is 0 Å². The Morgan fingerprint density at radius 1 is 0.644 bits per heavy atom. The minimum atomic E-state index is -2.55. The van der Waals surface area contributed by atoms with Crippen LogP contribution in [-0.2, 0) is 57.1 Å². The van der Waals surface area contributed by atoms with Gasteiger partial charge >= 0.3 is 35.9 Å². The first-order valence-electron chi connectivity index (χ1n) is 17.7. The van der Waals surface area contributed by atoms with Crippen molar-refractivity contribution >= 4 is 35.9 Å². The molecule has 316 valence electrons. The van der Waals surface area contributed by atoms with Crippen molar-refractivity contribution in [3.05, 3.63) is 88.7 Å². The second-order valence-electron chi connectivity index (χ2n) is 13.2. The van der Waals surface area contributed by atoms with Crippen LogP contribution in [0.15, 0.2) is 48.5 Å². The lowest BCUT2D eigenvalue weighted by atomic mass is 9.98. The molecule has 0 aromatic heterocycles. The third-order valence-electron chi connectivity index (χ3n) is 9.01. The van der Waals surface area contributed by atoms with Gasteiger partial charge in [0.15, 0.2) is 30.6 Å². The molecule has 1 heterocycles. The van der Waals surface area contributed by atoms with Crippen molar-refractivity contribution < 1.29 is 88.6 Å². The molecule has 20 heteroatoms. The zero-order chi connectivity index (χ0) is 43.3. The summed E-state index contributed by atoms with van der Waals surface area (Å²) in [5.41, 5.74) is 3.33. The highest BCUT2D eigenvalue weighted by atomic mass is 19.2.